The molecule has 84 valence electrons. The van der Waals surface area contributed by atoms with Crippen LogP contribution in [0.15, 0.2) is 12.3 Å². The normalized spacial score (nSPS) is 14.9. The average Bonchev–Trinajstić information content (AvgIpc) is 2.18. The number of pyridine rings is 1. The fourth-order valence-electron chi connectivity index (χ4n) is 1.47. The van der Waals surface area contributed by atoms with E-state index in [2.05, 4.69) is 10.3 Å². The molecule has 0 aliphatic carbocycles. The lowest BCUT2D eigenvalue weighted by molar-refractivity contribution is 0.0580. The smallest absolute Gasteiger partial charge is 0.129 e. The van der Waals surface area contributed by atoms with Crippen LogP contribution >= 0.6 is 0 Å². The number of aromatic nitrogens is 1. The van der Waals surface area contributed by atoms with Crippen molar-refractivity contribution in [1.82, 2.24) is 10.3 Å². The topological polar surface area (TPSA) is 71.2 Å². The Balaban J connectivity index is 2.97. The Morgan fingerprint density at radius 3 is 2.87 bits per heavy atom. The number of nitrogen functional groups attached to an aromatic ring is 1. The number of aliphatic hydroxyl groups is 1. The van der Waals surface area contributed by atoms with Crippen LogP contribution in [0.25, 0.3) is 0 Å². The largest absolute Gasteiger partial charge is 0.384 e. The third-order valence-corrected chi connectivity index (χ3v) is 2.35. The van der Waals surface area contributed by atoms with Crippen LogP contribution in [0.3, 0.4) is 0 Å². The summed E-state index contributed by atoms with van der Waals surface area (Å²) >= 11 is 0. The molecule has 1 aromatic rings. The van der Waals surface area contributed by atoms with Crippen molar-refractivity contribution >= 4 is 5.82 Å². The SMILES string of the molecule is CCNCC(C)(O)c1cc(C)cnc1N. The van der Waals surface area contributed by atoms with E-state index in [4.69, 9.17) is 5.73 Å². The highest BCUT2D eigenvalue weighted by atomic mass is 16.3. The fourth-order valence-corrected chi connectivity index (χ4v) is 1.47. The van der Waals surface area contributed by atoms with Gasteiger partial charge in [0.15, 0.2) is 0 Å². The Bertz CT molecular complexity index is 337. The monoisotopic (exact) mass is 209 g/mol. The van der Waals surface area contributed by atoms with Crippen molar-refractivity contribution < 1.29 is 5.11 Å². The second kappa shape index (κ2) is 4.59. The molecule has 1 heterocycles. The van der Waals surface area contributed by atoms with Crippen LogP contribution in [0.5, 0.6) is 0 Å². The van der Waals surface area contributed by atoms with Gasteiger partial charge in [-0.3, -0.25) is 0 Å². The first-order valence-corrected chi connectivity index (χ1v) is 5.13. The summed E-state index contributed by atoms with van der Waals surface area (Å²) in [4.78, 5) is 4.04. The molecular weight excluding hydrogens is 190 g/mol. The second-order valence-electron chi connectivity index (χ2n) is 4.00. The maximum atomic E-state index is 10.2. The lowest BCUT2D eigenvalue weighted by Crippen LogP contribution is -2.36. The Morgan fingerprint density at radius 1 is 1.60 bits per heavy atom. The van der Waals surface area contributed by atoms with E-state index in [9.17, 15) is 5.11 Å². The van der Waals surface area contributed by atoms with Crippen molar-refractivity contribution in [2.75, 3.05) is 18.8 Å². The zero-order valence-corrected chi connectivity index (χ0v) is 9.54. The molecule has 0 amide bonds. The van der Waals surface area contributed by atoms with Crippen molar-refractivity contribution in [2.45, 2.75) is 26.4 Å². The molecule has 4 nitrogen and oxygen atoms in total. The van der Waals surface area contributed by atoms with Gasteiger partial charge in [-0.25, -0.2) is 4.98 Å². The molecule has 0 fully saturated rings. The first-order valence-electron chi connectivity index (χ1n) is 5.13. The zero-order valence-electron chi connectivity index (χ0n) is 9.54. The highest BCUT2D eigenvalue weighted by molar-refractivity contribution is 5.44. The minimum atomic E-state index is -0.973. The van der Waals surface area contributed by atoms with Crippen molar-refractivity contribution in [3.05, 3.63) is 23.4 Å². The Morgan fingerprint density at radius 2 is 2.27 bits per heavy atom. The summed E-state index contributed by atoms with van der Waals surface area (Å²) < 4.78 is 0. The summed E-state index contributed by atoms with van der Waals surface area (Å²) in [5, 5.41) is 13.3. The van der Waals surface area contributed by atoms with Gasteiger partial charge in [0.2, 0.25) is 0 Å². The summed E-state index contributed by atoms with van der Waals surface area (Å²) in [5.74, 6) is 0.392. The highest BCUT2D eigenvalue weighted by Gasteiger charge is 2.25. The fraction of sp³-hybridized carbons (Fsp3) is 0.545. The minimum Gasteiger partial charge on any atom is -0.384 e. The van der Waals surface area contributed by atoms with E-state index in [0.29, 0.717) is 17.9 Å². The van der Waals surface area contributed by atoms with Crippen LogP contribution in [0, 0.1) is 6.92 Å². The molecule has 4 N–H and O–H groups in total. The van der Waals surface area contributed by atoms with Crippen LogP contribution in [-0.4, -0.2) is 23.2 Å². The van der Waals surface area contributed by atoms with Crippen molar-refractivity contribution in [3.8, 4) is 0 Å². The first kappa shape index (κ1) is 11.9. The summed E-state index contributed by atoms with van der Waals surface area (Å²) in [5.41, 5.74) is 6.46. The number of nitrogens with one attached hydrogen (secondary N) is 1. The van der Waals surface area contributed by atoms with Gasteiger partial charge in [-0.1, -0.05) is 6.92 Å². The van der Waals surface area contributed by atoms with Gasteiger partial charge in [0.1, 0.15) is 11.4 Å². The number of likely N-dealkylation sites (N-methyl/N-ethyl adjacent to an activating group) is 1. The van der Waals surface area contributed by atoms with Crippen molar-refractivity contribution in [1.29, 1.82) is 0 Å². The second-order valence-corrected chi connectivity index (χ2v) is 4.00. The third-order valence-electron chi connectivity index (χ3n) is 2.35. The quantitative estimate of drug-likeness (QED) is 0.685. The van der Waals surface area contributed by atoms with Gasteiger partial charge in [0.05, 0.1) is 0 Å². The highest BCUT2D eigenvalue weighted by Crippen LogP contribution is 2.24. The number of nitrogens with two attached hydrogens (primary N) is 1. The number of hydrogen-bond donors (Lipinski definition) is 3. The average molecular weight is 209 g/mol. The summed E-state index contributed by atoms with van der Waals surface area (Å²) in [6.07, 6.45) is 1.70. The molecule has 0 radical (unpaired) electrons. The molecule has 0 bridgehead atoms. The molecule has 0 spiro atoms. The number of rotatable bonds is 4. The zero-order chi connectivity index (χ0) is 11.5. The lowest BCUT2D eigenvalue weighted by atomic mass is 9.95. The predicted octanol–water partition coefficient (Wildman–Crippen LogP) is 0.789. The van der Waals surface area contributed by atoms with E-state index >= 15 is 0 Å². The van der Waals surface area contributed by atoms with Gasteiger partial charge in [-0.15, -0.1) is 0 Å². The predicted molar refractivity (Wildman–Crippen MR) is 61.5 cm³/mol. The molecule has 0 aliphatic rings. The van der Waals surface area contributed by atoms with Gasteiger partial charge in [-0.05, 0) is 32.0 Å². The molecule has 0 saturated carbocycles. The number of aryl methyl sites for hydroxylation is 1. The summed E-state index contributed by atoms with van der Waals surface area (Å²) in [6.45, 7) is 6.95. The van der Waals surface area contributed by atoms with Crippen LogP contribution in [-0.2, 0) is 5.60 Å². The maximum absolute atomic E-state index is 10.2. The van der Waals surface area contributed by atoms with E-state index in [-0.39, 0.29) is 0 Å². The van der Waals surface area contributed by atoms with Crippen molar-refractivity contribution in [2.24, 2.45) is 0 Å². The Hall–Kier alpha value is -1.13. The van der Waals surface area contributed by atoms with E-state index < -0.39 is 5.60 Å². The van der Waals surface area contributed by atoms with Gasteiger partial charge < -0.3 is 16.2 Å². The van der Waals surface area contributed by atoms with Crippen molar-refractivity contribution in [3.63, 3.8) is 0 Å². The van der Waals surface area contributed by atoms with Gasteiger partial charge in [0, 0.05) is 18.3 Å². The van der Waals surface area contributed by atoms with E-state index in [0.717, 1.165) is 12.1 Å². The first-order chi connectivity index (χ1) is 6.97. The summed E-state index contributed by atoms with van der Waals surface area (Å²) in [6, 6.07) is 1.87. The molecule has 15 heavy (non-hydrogen) atoms. The number of nitrogens with zero attached hydrogens (tertiary/aromatic N) is 1. The van der Waals surface area contributed by atoms with Crippen LogP contribution < -0.4 is 11.1 Å². The van der Waals surface area contributed by atoms with Crippen LogP contribution in [0.1, 0.15) is 25.0 Å². The molecule has 0 aromatic carbocycles. The van der Waals surface area contributed by atoms with Gasteiger partial charge in [0.25, 0.3) is 0 Å². The molecule has 1 aromatic heterocycles. The Kier molecular flexibility index (Phi) is 3.66. The molecule has 0 saturated heterocycles. The molecule has 0 aliphatic heterocycles. The van der Waals surface area contributed by atoms with Crippen LogP contribution in [0.2, 0.25) is 0 Å². The minimum absolute atomic E-state index is 0.392. The number of hydrogen-bond acceptors (Lipinski definition) is 4. The molecular formula is C11H19N3O. The van der Waals surface area contributed by atoms with E-state index in [1.165, 1.54) is 0 Å². The standard InChI is InChI=1S/C11H19N3O/c1-4-13-7-11(3,15)9-5-8(2)6-14-10(9)12/h5-6,13,15H,4,7H2,1-3H3,(H2,12,14). The van der Waals surface area contributed by atoms with Gasteiger partial charge >= 0.3 is 0 Å². The van der Waals surface area contributed by atoms with Crippen LogP contribution in [0.4, 0.5) is 5.82 Å². The van der Waals surface area contributed by atoms with E-state index in [1.807, 2.05) is 19.9 Å². The molecule has 1 rings (SSSR count). The summed E-state index contributed by atoms with van der Waals surface area (Å²) in [7, 11) is 0. The number of anilines is 1. The maximum Gasteiger partial charge on any atom is 0.129 e. The third kappa shape index (κ3) is 2.91. The molecule has 4 heteroatoms. The van der Waals surface area contributed by atoms with E-state index in [1.54, 1.807) is 13.1 Å². The van der Waals surface area contributed by atoms with Gasteiger partial charge in [-0.2, -0.15) is 0 Å². The Labute approximate surface area is 90.5 Å². The lowest BCUT2D eigenvalue weighted by Gasteiger charge is -2.25. The molecule has 1 atom stereocenters. The molecule has 1 unspecified atom stereocenters.